The monoisotopic (exact) mass is 348 g/mol. The zero-order valence-electron chi connectivity index (χ0n) is 9.13. The Labute approximate surface area is 113 Å². The Balaban J connectivity index is 3.01. The van der Waals surface area contributed by atoms with Gasteiger partial charge in [0.15, 0.2) is 5.78 Å². The molecular formula is C12H14Br2O2. The summed E-state index contributed by atoms with van der Waals surface area (Å²) >= 11 is 6.66. The first-order valence-electron chi connectivity index (χ1n) is 5.13. The van der Waals surface area contributed by atoms with Gasteiger partial charge in [-0.3, -0.25) is 4.79 Å². The molecule has 0 saturated carbocycles. The van der Waals surface area contributed by atoms with Gasteiger partial charge in [-0.2, -0.15) is 0 Å². The number of Topliss-reactive ketones (excluding diaryl/α,β-unsaturated/α-hetero) is 1. The maximum Gasteiger partial charge on any atom is 0.167 e. The van der Waals surface area contributed by atoms with Crippen LogP contribution in [-0.4, -0.2) is 17.7 Å². The van der Waals surface area contributed by atoms with E-state index in [9.17, 15) is 4.79 Å². The van der Waals surface area contributed by atoms with E-state index >= 15 is 0 Å². The topological polar surface area (TPSA) is 26.3 Å². The Hall–Kier alpha value is -0.350. The van der Waals surface area contributed by atoms with Crippen molar-refractivity contribution >= 4 is 37.6 Å². The highest BCUT2D eigenvalue weighted by Crippen LogP contribution is 2.23. The molecule has 0 radical (unpaired) electrons. The van der Waals surface area contributed by atoms with E-state index in [1.807, 2.05) is 25.1 Å². The maximum absolute atomic E-state index is 11.8. The normalized spacial score (nSPS) is 10.2. The molecule has 2 nitrogen and oxygen atoms in total. The SMILES string of the molecule is CCOc1cc(CBr)ccc1C(=O)CCBr. The van der Waals surface area contributed by atoms with Crippen LogP contribution in [0.15, 0.2) is 18.2 Å². The van der Waals surface area contributed by atoms with E-state index in [1.54, 1.807) is 0 Å². The molecule has 0 aromatic heterocycles. The molecule has 0 unspecified atom stereocenters. The summed E-state index contributed by atoms with van der Waals surface area (Å²) in [6.07, 6.45) is 0.494. The number of benzene rings is 1. The summed E-state index contributed by atoms with van der Waals surface area (Å²) in [7, 11) is 0. The summed E-state index contributed by atoms with van der Waals surface area (Å²) in [5.41, 5.74) is 1.78. The van der Waals surface area contributed by atoms with Crippen molar-refractivity contribution in [3.8, 4) is 5.75 Å². The van der Waals surface area contributed by atoms with Gasteiger partial charge in [-0.15, -0.1) is 0 Å². The summed E-state index contributed by atoms with van der Waals surface area (Å²) in [5.74, 6) is 0.798. The van der Waals surface area contributed by atoms with Gasteiger partial charge in [0, 0.05) is 17.1 Å². The number of halogens is 2. The fourth-order valence-electron chi connectivity index (χ4n) is 1.38. The second-order valence-electron chi connectivity index (χ2n) is 3.26. The Bertz CT molecular complexity index is 364. The smallest absolute Gasteiger partial charge is 0.167 e. The van der Waals surface area contributed by atoms with E-state index in [0.29, 0.717) is 29.7 Å². The largest absolute Gasteiger partial charge is 0.493 e. The van der Waals surface area contributed by atoms with Crippen LogP contribution < -0.4 is 4.74 Å². The minimum Gasteiger partial charge on any atom is -0.493 e. The molecule has 1 aromatic carbocycles. The standard InChI is InChI=1S/C12H14Br2O2/c1-2-16-12-7-9(8-14)3-4-10(12)11(15)5-6-13/h3-4,7H,2,5-6,8H2,1H3. The van der Waals surface area contributed by atoms with E-state index in [4.69, 9.17) is 4.74 Å². The molecule has 0 spiro atoms. The average molecular weight is 350 g/mol. The molecule has 0 heterocycles. The van der Waals surface area contributed by atoms with Gasteiger partial charge in [-0.25, -0.2) is 0 Å². The van der Waals surface area contributed by atoms with Crippen LogP contribution in [0.1, 0.15) is 29.3 Å². The van der Waals surface area contributed by atoms with E-state index in [1.165, 1.54) is 0 Å². The summed E-state index contributed by atoms with van der Waals surface area (Å²) < 4.78 is 5.49. The van der Waals surface area contributed by atoms with Gasteiger partial charge in [0.2, 0.25) is 0 Å². The highest BCUT2D eigenvalue weighted by atomic mass is 79.9. The molecule has 88 valence electrons. The number of hydrogen-bond donors (Lipinski definition) is 0. The number of carbonyl (C=O) groups is 1. The van der Waals surface area contributed by atoms with Crippen molar-refractivity contribution in [1.82, 2.24) is 0 Å². The van der Waals surface area contributed by atoms with Crippen molar-refractivity contribution in [1.29, 1.82) is 0 Å². The Morgan fingerprint density at radius 2 is 2.12 bits per heavy atom. The molecule has 0 saturated heterocycles. The second-order valence-corrected chi connectivity index (χ2v) is 4.61. The van der Waals surface area contributed by atoms with E-state index in [0.717, 1.165) is 10.9 Å². The Kier molecular flexibility index (Phi) is 6.06. The molecular weight excluding hydrogens is 336 g/mol. The third-order valence-corrected chi connectivity index (χ3v) is 3.17. The minimum atomic E-state index is 0.112. The maximum atomic E-state index is 11.8. The van der Waals surface area contributed by atoms with Gasteiger partial charge in [0.1, 0.15) is 5.75 Å². The van der Waals surface area contributed by atoms with Crippen LogP contribution in [0.25, 0.3) is 0 Å². The number of hydrogen-bond acceptors (Lipinski definition) is 2. The lowest BCUT2D eigenvalue weighted by Gasteiger charge is -2.10. The summed E-state index contributed by atoms with van der Waals surface area (Å²) in [5, 5.41) is 1.44. The predicted octanol–water partition coefficient (Wildman–Crippen LogP) is 3.95. The fraction of sp³-hybridized carbons (Fsp3) is 0.417. The molecule has 4 heteroatoms. The number of carbonyl (C=O) groups excluding carboxylic acids is 1. The van der Waals surface area contributed by atoms with E-state index in [2.05, 4.69) is 31.9 Å². The number of ketones is 1. The summed E-state index contributed by atoms with van der Waals surface area (Å²) in [6, 6.07) is 5.70. The highest BCUT2D eigenvalue weighted by molar-refractivity contribution is 9.09. The summed E-state index contributed by atoms with van der Waals surface area (Å²) in [4.78, 5) is 11.8. The lowest BCUT2D eigenvalue weighted by atomic mass is 10.1. The van der Waals surface area contributed by atoms with Crippen LogP contribution in [0.2, 0.25) is 0 Å². The highest BCUT2D eigenvalue weighted by Gasteiger charge is 2.12. The molecule has 0 aliphatic rings. The molecule has 0 amide bonds. The van der Waals surface area contributed by atoms with Gasteiger partial charge in [-0.1, -0.05) is 37.9 Å². The zero-order chi connectivity index (χ0) is 12.0. The quantitative estimate of drug-likeness (QED) is 0.574. The van der Waals surface area contributed by atoms with Crippen molar-refractivity contribution in [3.63, 3.8) is 0 Å². The average Bonchev–Trinajstić information content (AvgIpc) is 2.29. The van der Waals surface area contributed by atoms with Gasteiger partial charge in [0.25, 0.3) is 0 Å². The zero-order valence-corrected chi connectivity index (χ0v) is 12.3. The minimum absolute atomic E-state index is 0.112. The first kappa shape index (κ1) is 13.7. The van der Waals surface area contributed by atoms with Crippen molar-refractivity contribution in [2.75, 3.05) is 11.9 Å². The van der Waals surface area contributed by atoms with E-state index in [-0.39, 0.29) is 5.78 Å². The molecule has 1 rings (SSSR count). The Morgan fingerprint density at radius 3 is 2.69 bits per heavy atom. The van der Waals surface area contributed by atoms with Crippen LogP contribution in [-0.2, 0) is 5.33 Å². The molecule has 0 fully saturated rings. The molecule has 16 heavy (non-hydrogen) atoms. The fourth-order valence-corrected chi connectivity index (χ4v) is 2.08. The van der Waals surface area contributed by atoms with Crippen molar-refractivity contribution in [2.45, 2.75) is 18.7 Å². The van der Waals surface area contributed by atoms with Gasteiger partial charge in [-0.05, 0) is 24.6 Å². The first-order chi connectivity index (χ1) is 7.72. The second kappa shape index (κ2) is 7.07. The van der Waals surface area contributed by atoms with Crippen LogP contribution in [0, 0.1) is 0 Å². The molecule has 1 aromatic rings. The first-order valence-corrected chi connectivity index (χ1v) is 7.38. The third-order valence-electron chi connectivity index (χ3n) is 2.12. The van der Waals surface area contributed by atoms with Gasteiger partial charge >= 0.3 is 0 Å². The van der Waals surface area contributed by atoms with Crippen LogP contribution in [0.5, 0.6) is 5.75 Å². The number of ether oxygens (including phenoxy) is 1. The Morgan fingerprint density at radius 1 is 1.38 bits per heavy atom. The molecule has 0 aliphatic carbocycles. The van der Waals surface area contributed by atoms with Gasteiger partial charge < -0.3 is 4.74 Å². The van der Waals surface area contributed by atoms with Crippen molar-refractivity contribution in [2.24, 2.45) is 0 Å². The lowest BCUT2D eigenvalue weighted by molar-refractivity contribution is 0.0986. The summed E-state index contributed by atoms with van der Waals surface area (Å²) in [6.45, 7) is 2.49. The molecule has 0 bridgehead atoms. The van der Waals surface area contributed by atoms with Gasteiger partial charge in [0.05, 0.1) is 12.2 Å². The van der Waals surface area contributed by atoms with Crippen molar-refractivity contribution in [3.05, 3.63) is 29.3 Å². The molecule has 0 atom stereocenters. The van der Waals surface area contributed by atoms with Crippen molar-refractivity contribution < 1.29 is 9.53 Å². The molecule has 0 N–H and O–H groups in total. The van der Waals surface area contributed by atoms with Crippen LogP contribution in [0.4, 0.5) is 0 Å². The van der Waals surface area contributed by atoms with Crippen LogP contribution >= 0.6 is 31.9 Å². The van der Waals surface area contributed by atoms with Crippen LogP contribution in [0.3, 0.4) is 0 Å². The lowest BCUT2D eigenvalue weighted by Crippen LogP contribution is -2.05. The molecule has 0 aliphatic heterocycles. The third kappa shape index (κ3) is 3.59. The number of rotatable bonds is 6. The number of alkyl halides is 2. The van der Waals surface area contributed by atoms with E-state index < -0.39 is 0 Å². The predicted molar refractivity (Wildman–Crippen MR) is 73.0 cm³/mol.